The highest BCUT2D eigenvalue weighted by Crippen LogP contribution is 2.18. The Balaban J connectivity index is 2.24. The van der Waals surface area contributed by atoms with Gasteiger partial charge >= 0.3 is 0 Å². The maximum absolute atomic E-state index is 5.32. The van der Waals surface area contributed by atoms with Crippen LogP contribution in [-0.2, 0) is 4.74 Å². The Labute approximate surface area is 118 Å². The van der Waals surface area contributed by atoms with Crippen LogP contribution >= 0.6 is 0 Å². The van der Waals surface area contributed by atoms with Crippen LogP contribution in [0, 0.1) is 6.92 Å². The van der Waals surface area contributed by atoms with Crippen molar-refractivity contribution < 1.29 is 4.74 Å². The summed E-state index contributed by atoms with van der Waals surface area (Å²) in [6.45, 7) is 12.3. The van der Waals surface area contributed by atoms with Gasteiger partial charge in [-0.25, -0.2) is 0 Å². The van der Waals surface area contributed by atoms with Gasteiger partial charge in [0.05, 0.1) is 0 Å². The van der Waals surface area contributed by atoms with Gasteiger partial charge in [0.2, 0.25) is 0 Å². The monoisotopic (exact) mass is 264 g/mol. The van der Waals surface area contributed by atoms with Gasteiger partial charge in [-0.3, -0.25) is 0 Å². The van der Waals surface area contributed by atoms with E-state index in [9.17, 15) is 0 Å². The van der Waals surface area contributed by atoms with E-state index in [0.29, 0.717) is 0 Å². The molecule has 0 unspecified atom stereocenters. The van der Waals surface area contributed by atoms with Crippen LogP contribution in [0.4, 0.5) is 5.69 Å². The van der Waals surface area contributed by atoms with E-state index in [4.69, 9.17) is 4.74 Å². The average molecular weight is 264 g/mol. The number of anilines is 1. The van der Waals surface area contributed by atoms with E-state index < -0.39 is 0 Å². The lowest BCUT2D eigenvalue weighted by atomic mass is 10.2. The summed E-state index contributed by atoms with van der Waals surface area (Å²) in [4.78, 5) is 2.42. The number of hydrogen-bond acceptors (Lipinski definition) is 3. The summed E-state index contributed by atoms with van der Waals surface area (Å²) < 4.78 is 5.32. The summed E-state index contributed by atoms with van der Waals surface area (Å²) in [5.41, 5.74) is 2.70. The van der Waals surface area contributed by atoms with Crippen LogP contribution in [0.5, 0.6) is 0 Å². The summed E-state index contributed by atoms with van der Waals surface area (Å²) in [6.07, 6.45) is 1.09. The molecule has 3 nitrogen and oxygen atoms in total. The number of nitrogens with one attached hydrogen (secondary N) is 1. The van der Waals surface area contributed by atoms with Gasteiger partial charge in [0.1, 0.15) is 0 Å². The molecule has 1 aromatic rings. The Morgan fingerprint density at radius 3 is 2.63 bits per heavy atom. The number of rotatable bonds is 10. The zero-order valence-electron chi connectivity index (χ0n) is 12.6. The van der Waals surface area contributed by atoms with Crippen molar-refractivity contribution in [1.29, 1.82) is 0 Å². The highest BCUT2D eigenvalue weighted by atomic mass is 16.5. The van der Waals surface area contributed by atoms with Gasteiger partial charge in [-0.1, -0.05) is 18.2 Å². The van der Waals surface area contributed by atoms with E-state index in [1.165, 1.54) is 11.3 Å². The first kappa shape index (κ1) is 16.0. The fraction of sp³-hybridized carbons (Fsp3) is 0.625. The molecule has 3 heteroatoms. The van der Waals surface area contributed by atoms with Gasteiger partial charge < -0.3 is 15.0 Å². The molecule has 0 atom stereocenters. The zero-order chi connectivity index (χ0) is 13.9. The van der Waals surface area contributed by atoms with Crippen LogP contribution in [0.15, 0.2) is 24.3 Å². The van der Waals surface area contributed by atoms with Gasteiger partial charge in [-0.05, 0) is 45.4 Å². The SMILES string of the molecule is CCOCCCNCCN(CC)c1ccccc1C. The third-order valence-electron chi connectivity index (χ3n) is 3.24. The van der Waals surface area contributed by atoms with Crippen molar-refractivity contribution in [3.63, 3.8) is 0 Å². The molecule has 108 valence electrons. The molecular weight excluding hydrogens is 236 g/mol. The minimum Gasteiger partial charge on any atom is -0.382 e. The van der Waals surface area contributed by atoms with Gasteiger partial charge in [0.15, 0.2) is 0 Å². The first-order chi connectivity index (χ1) is 9.29. The molecule has 19 heavy (non-hydrogen) atoms. The smallest absolute Gasteiger partial charge is 0.0477 e. The van der Waals surface area contributed by atoms with Gasteiger partial charge in [-0.2, -0.15) is 0 Å². The van der Waals surface area contributed by atoms with Crippen LogP contribution in [0.1, 0.15) is 25.8 Å². The number of aryl methyl sites for hydroxylation is 1. The fourth-order valence-electron chi connectivity index (χ4n) is 2.15. The number of likely N-dealkylation sites (N-methyl/N-ethyl adjacent to an activating group) is 1. The van der Waals surface area contributed by atoms with Gasteiger partial charge in [-0.15, -0.1) is 0 Å². The minimum atomic E-state index is 0.816. The van der Waals surface area contributed by atoms with Crippen LogP contribution in [0.3, 0.4) is 0 Å². The second kappa shape index (κ2) is 9.82. The van der Waals surface area contributed by atoms with Gasteiger partial charge in [0, 0.05) is 38.5 Å². The van der Waals surface area contributed by atoms with Crippen molar-refractivity contribution >= 4 is 5.69 Å². The molecular formula is C16H28N2O. The largest absolute Gasteiger partial charge is 0.382 e. The Morgan fingerprint density at radius 1 is 1.16 bits per heavy atom. The lowest BCUT2D eigenvalue weighted by Crippen LogP contribution is -2.33. The van der Waals surface area contributed by atoms with Crippen molar-refractivity contribution in [1.82, 2.24) is 5.32 Å². The molecule has 0 aliphatic carbocycles. The number of hydrogen-bond donors (Lipinski definition) is 1. The maximum Gasteiger partial charge on any atom is 0.0477 e. The number of nitrogens with zero attached hydrogens (tertiary/aromatic N) is 1. The first-order valence-electron chi connectivity index (χ1n) is 7.38. The Bertz CT molecular complexity index is 341. The molecule has 0 spiro atoms. The minimum absolute atomic E-state index is 0.816. The quantitative estimate of drug-likeness (QED) is 0.658. The Kier molecular flexibility index (Phi) is 8.26. The number of benzene rings is 1. The van der Waals surface area contributed by atoms with E-state index in [-0.39, 0.29) is 0 Å². The second-order valence-electron chi connectivity index (χ2n) is 4.67. The number of para-hydroxylation sites is 1. The highest BCUT2D eigenvalue weighted by Gasteiger charge is 2.05. The van der Waals surface area contributed by atoms with E-state index in [1.807, 2.05) is 6.92 Å². The molecule has 0 aromatic heterocycles. The summed E-state index contributed by atoms with van der Waals surface area (Å²) in [5.74, 6) is 0. The molecule has 1 N–H and O–H groups in total. The van der Waals surface area contributed by atoms with Crippen molar-refractivity contribution in [3.8, 4) is 0 Å². The molecule has 1 rings (SSSR count). The first-order valence-corrected chi connectivity index (χ1v) is 7.38. The van der Waals surface area contributed by atoms with Crippen molar-refractivity contribution in [2.75, 3.05) is 44.3 Å². The van der Waals surface area contributed by atoms with Gasteiger partial charge in [0.25, 0.3) is 0 Å². The molecule has 0 aliphatic rings. The van der Waals surface area contributed by atoms with Crippen molar-refractivity contribution in [2.45, 2.75) is 27.2 Å². The molecule has 0 bridgehead atoms. The van der Waals surface area contributed by atoms with Crippen LogP contribution in [0.2, 0.25) is 0 Å². The molecule has 0 fully saturated rings. The standard InChI is InChI=1S/C16H28N2O/c1-4-18(16-10-7-6-9-15(16)3)13-12-17-11-8-14-19-5-2/h6-7,9-10,17H,4-5,8,11-14H2,1-3H3. The molecule has 0 radical (unpaired) electrons. The summed E-state index contributed by atoms with van der Waals surface area (Å²) in [6, 6.07) is 8.58. The van der Waals surface area contributed by atoms with Crippen LogP contribution < -0.4 is 10.2 Å². The molecule has 0 heterocycles. The lowest BCUT2D eigenvalue weighted by molar-refractivity contribution is 0.145. The average Bonchev–Trinajstić information content (AvgIpc) is 2.43. The van der Waals surface area contributed by atoms with Crippen LogP contribution in [-0.4, -0.2) is 39.4 Å². The fourth-order valence-corrected chi connectivity index (χ4v) is 2.15. The third-order valence-corrected chi connectivity index (χ3v) is 3.24. The maximum atomic E-state index is 5.32. The summed E-state index contributed by atoms with van der Waals surface area (Å²) in [5, 5.41) is 3.48. The van der Waals surface area contributed by atoms with Crippen molar-refractivity contribution in [3.05, 3.63) is 29.8 Å². The Hall–Kier alpha value is -1.06. The zero-order valence-corrected chi connectivity index (χ0v) is 12.6. The molecule has 0 aliphatic heterocycles. The lowest BCUT2D eigenvalue weighted by Gasteiger charge is -2.25. The molecule has 1 aromatic carbocycles. The predicted molar refractivity (Wildman–Crippen MR) is 83.0 cm³/mol. The summed E-state index contributed by atoms with van der Waals surface area (Å²) in [7, 11) is 0. The van der Waals surface area contributed by atoms with E-state index in [1.54, 1.807) is 0 Å². The highest BCUT2D eigenvalue weighted by molar-refractivity contribution is 5.52. The Morgan fingerprint density at radius 2 is 1.95 bits per heavy atom. The molecule has 0 amide bonds. The molecule has 0 saturated carbocycles. The summed E-state index contributed by atoms with van der Waals surface area (Å²) >= 11 is 0. The van der Waals surface area contributed by atoms with Crippen LogP contribution in [0.25, 0.3) is 0 Å². The van der Waals surface area contributed by atoms with E-state index in [2.05, 4.69) is 48.3 Å². The molecule has 0 saturated heterocycles. The normalized spacial score (nSPS) is 10.7. The third kappa shape index (κ3) is 6.08. The predicted octanol–water partition coefficient (Wildman–Crippen LogP) is 2.84. The van der Waals surface area contributed by atoms with Crippen molar-refractivity contribution in [2.24, 2.45) is 0 Å². The topological polar surface area (TPSA) is 24.5 Å². The van der Waals surface area contributed by atoms with E-state index in [0.717, 1.165) is 45.8 Å². The number of ether oxygens (including phenoxy) is 1. The second-order valence-corrected chi connectivity index (χ2v) is 4.67. The van der Waals surface area contributed by atoms with E-state index >= 15 is 0 Å².